The molecule has 6 heterocycles. The first-order valence-corrected chi connectivity index (χ1v) is 15.2. The molecule has 2 unspecified atom stereocenters. The van der Waals surface area contributed by atoms with Crippen molar-refractivity contribution in [3.63, 3.8) is 0 Å². The Labute approximate surface area is 283 Å². The molecule has 5 N–H and O–H groups in total. The number of ether oxygens (including phenoxy) is 2. The molecule has 2 atom stereocenters. The molecule has 0 amide bonds. The number of pyridine rings is 4. The van der Waals surface area contributed by atoms with Gasteiger partial charge in [0.2, 0.25) is 23.4 Å². The van der Waals surface area contributed by atoms with Crippen LogP contribution < -0.4 is 31.2 Å². The molecule has 0 radical (unpaired) electrons. The van der Waals surface area contributed by atoms with Crippen LogP contribution in [0.25, 0.3) is 0 Å². The lowest BCUT2D eigenvalue weighted by Crippen LogP contribution is -2.24. The van der Waals surface area contributed by atoms with Crippen molar-refractivity contribution in [1.82, 2.24) is 25.3 Å². The molecule has 4 aromatic rings. The number of rotatable bonds is 7. The first-order chi connectivity index (χ1) is 23.4. The first-order valence-electron chi connectivity index (χ1n) is 14.8. The normalized spacial score (nSPS) is 16.6. The number of halogens is 3. The number of anilines is 3. The molecule has 2 aliphatic rings. The predicted molar refractivity (Wildman–Crippen MR) is 176 cm³/mol. The Morgan fingerprint density at radius 3 is 1.98 bits per heavy atom. The smallest absolute Gasteiger partial charge is 0.311 e. The molecule has 0 saturated carbocycles. The van der Waals surface area contributed by atoms with Gasteiger partial charge in [0.25, 0.3) is 0 Å². The van der Waals surface area contributed by atoms with Gasteiger partial charge in [-0.2, -0.15) is 0 Å². The zero-order valence-electron chi connectivity index (χ0n) is 26.4. The molecule has 16 nitrogen and oxygen atoms in total. The molecule has 260 valence electrons. The van der Waals surface area contributed by atoms with Crippen molar-refractivity contribution in [2.45, 2.75) is 37.8 Å². The summed E-state index contributed by atoms with van der Waals surface area (Å²) < 4.78 is 36.9. The van der Waals surface area contributed by atoms with Gasteiger partial charge in [-0.25, -0.2) is 28.7 Å². The second kappa shape index (κ2) is 16.6. The summed E-state index contributed by atoms with van der Waals surface area (Å²) in [6.07, 6.45) is 6.04. The largest absolute Gasteiger partial charge is 0.481 e. The van der Waals surface area contributed by atoms with Gasteiger partial charge in [0.15, 0.2) is 0 Å². The summed E-state index contributed by atoms with van der Waals surface area (Å²) in [6.45, 7) is 1.65. The fourth-order valence-electron chi connectivity index (χ4n) is 5.40. The summed E-state index contributed by atoms with van der Waals surface area (Å²) in [5, 5.41) is 24.5. The molecule has 2 aliphatic heterocycles. The van der Waals surface area contributed by atoms with Crippen molar-refractivity contribution in [2.24, 2.45) is 0 Å². The molecule has 2 fully saturated rings. The topological polar surface area (TPSA) is 224 Å². The van der Waals surface area contributed by atoms with Crippen LogP contribution in [-0.2, 0) is 0 Å². The lowest BCUT2D eigenvalue weighted by Gasteiger charge is -2.26. The molecular formula is C30H33ClF2N10O6. The van der Waals surface area contributed by atoms with Crippen LogP contribution in [0.3, 0.4) is 0 Å². The summed E-state index contributed by atoms with van der Waals surface area (Å²) in [5.41, 5.74) is 11.8. The standard InChI is InChI=1S/C15H16FN5O3.C10H13FN2O.C5H4ClN3O2/c1-24-15-10(7-9(16)8-18-15)11-3-2-6-20(11)13-5-4-12(21(22)23)14(17)19-13;1-14-10-8(5-7(11)6-13-10)9-3-2-4-12-9;6-4-2-1-3(9(10)11)5(7)8-4/h4-5,7-8,11H,2-3,6H2,1H3,(H2,17,19);5-6,9,12H,2-4H2,1H3;1-2H,(H2,7,8). The van der Waals surface area contributed by atoms with Crippen LogP contribution in [0.2, 0.25) is 5.15 Å². The SMILES string of the molecule is COc1ncc(F)cc1C1CCCN1.COc1ncc(F)cc1C1CCCN1c1ccc([N+](=O)[O-])c(N)n1.Nc1nc(Cl)ccc1[N+](=O)[O-]. The van der Waals surface area contributed by atoms with Gasteiger partial charge < -0.3 is 31.2 Å². The van der Waals surface area contributed by atoms with E-state index in [-0.39, 0.29) is 46.1 Å². The minimum absolute atomic E-state index is 0.146. The number of aromatic nitrogens is 4. The van der Waals surface area contributed by atoms with Gasteiger partial charge in [-0.3, -0.25) is 20.2 Å². The van der Waals surface area contributed by atoms with E-state index in [0.717, 1.165) is 44.0 Å². The number of nitro groups is 2. The lowest BCUT2D eigenvalue weighted by atomic mass is 10.1. The third-order valence-corrected chi connectivity index (χ3v) is 7.78. The minimum atomic E-state index is -0.612. The van der Waals surface area contributed by atoms with E-state index in [9.17, 15) is 29.0 Å². The molecule has 4 aromatic heterocycles. The van der Waals surface area contributed by atoms with Gasteiger partial charge in [-0.05, 0) is 56.5 Å². The average molecular weight is 703 g/mol. The Hall–Kier alpha value is -5.49. The Balaban J connectivity index is 0.000000183. The second-order valence-electron chi connectivity index (χ2n) is 10.6. The van der Waals surface area contributed by atoms with E-state index in [1.165, 1.54) is 43.6 Å². The van der Waals surface area contributed by atoms with Crippen molar-refractivity contribution in [2.75, 3.05) is 43.7 Å². The van der Waals surface area contributed by atoms with E-state index < -0.39 is 15.7 Å². The van der Waals surface area contributed by atoms with Crippen LogP contribution >= 0.6 is 11.6 Å². The molecule has 2 saturated heterocycles. The fourth-order valence-corrected chi connectivity index (χ4v) is 5.55. The number of nitrogens with two attached hydrogens (primary N) is 2. The highest BCUT2D eigenvalue weighted by atomic mass is 35.5. The van der Waals surface area contributed by atoms with Crippen molar-refractivity contribution in [3.8, 4) is 11.8 Å². The summed E-state index contributed by atoms with van der Waals surface area (Å²) >= 11 is 5.41. The molecule has 0 spiro atoms. The maximum atomic E-state index is 13.6. The third kappa shape index (κ3) is 9.11. The minimum Gasteiger partial charge on any atom is -0.481 e. The number of hydrogen-bond donors (Lipinski definition) is 3. The van der Waals surface area contributed by atoms with E-state index in [2.05, 4.69) is 25.3 Å². The molecule has 0 aliphatic carbocycles. The molecule has 0 bridgehead atoms. The summed E-state index contributed by atoms with van der Waals surface area (Å²) in [4.78, 5) is 37.3. The number of nitrogens with zero attached hydrogens (tertiary/aromatic N) is 7. The number of methoxy groups -OCH3 is 2. The van der Waals surface area contributed by atoms with Crippen LogP contribution in [-0.4, -0.2) is 57.1 Å². The van der Waals surface area contributed by atoms with E-state index in [4.69, 9.17) is 32.5 Å². The summed E-state index contributed by atoms with van der Waals surface area (Å²) in [7, 11) is 3.03. The molecule has 6 rings (SSSR count). The van der Waals surface area contributed by atoms with Gasteiger partial charge in [-0.15, -0.1) is 0 Å². The summed E-state index contributed by atoms with van der Waals surface area (Å²) in [6, 6.07) is 8.30. The highest BCUT2D eigenvalue weighted by molar-refractivity contribution is 6.29. The molecule has 0 aromatic carbocycles. The number of hydrogen-bond acceptors (Lipinski definition) is 14. The number of nitrogens with one attached hydrogen (secondary N) is 1. The van der Waals surface area contributed by atoms with Gasteiger partial charge in [0, 0.05) is 35.8 Å². The number of nitrogen functional groups attached to an aromatic ring is 2. The molecule has 19 heteroatoms. The zero-order chi connectivity index (χ0) is 35.7. The van der Waals surface area contributed by atoms with Crippen molar-refractivity contribution < 1.29 is 28.1 Å². The van der Waals surface area contributed by atoms with Crippen LogP contribution in [0.5, 0.6) is 11.8 Å². The third-order valence-electron chi connectivity index (χ3n) is 7.57. The first kappa shape index (κ1) is 36.3. The average Bonchev–Trinajstić information content (AvgIpc) is 3.78. The Morgan fingerprint density at radius 2 is 1.45 bits per heavy atom. The summed E-state index contributed by atoms with van der Waals surface area (Å²) in [5.74, 6) is 0.305. The highest BCUT2D eigenvalue weighted by Gasteiger charge is 2.31. The maximum Gasteiger partial charge on any atom is 0.311 e. The Morgan fingerprint density at radius 1 is 0.878 bits per heavy atom. The van der Waals surface area contributed by atoms with Crippen LogP contribution in [0, 0.1) is 31.9 Å². The van der Waals surface area contributed by atoms with Gasteiger partial charge in [0.05, 0.1) is 42.5 Å². The molecular weight excluding hydrogens is 670 g/mol. The highest BCUT2D eigenvalue weighted by Crippen LogP contribution is 2.39. The Bertz CT molecular complexity index is 1800. The van der Waals surface area contributed by atoms with Crippen molar-refractivity contribution >= 4 is 40.4 Å². The fraction of sp³-hybridized carbons (Fsp3) is 0.333. The van der Waals surface area contributed by atoms with Gasteiger partial charge >= 0.3 is 11.4 Å². The zero-order valence-corrected chi connectivity index (χ0v) is 27.1. The molecule has 49 heavy (non-hydrogen) atoms. The predicted octanol–water partition coefficient (Wildman–Crippen LogP) is 5.34. The van der Waals surface area contributed by atoms with Crippen molar-refractivity contribution in [3.05, 3.63) is 96.9 Å². The quantitative estimate of drug-likeness (QED) is 0.126. The van der Waals surface area contributed by atoms with E-state index in [1.54, 1.807) is 13.2 Å². The van der Waals surface area contributed by atoms with Gasteiger partial charge in [0.1, 0.15) is 22.6 Å². The van der Waals surface area contributed by atoms with Crippen LogP contribution in [0.15, 0.2) is 48.8 Å². The van der Waals surface area contributed by atoms with E-state index in [0.29, 0.717) is 29.7 Å². The lowest BCUT2D eigenvalue weighted by molar-refractivity contribution is -0.384. The van der Waals surface area contributed by atoms with Crippen LogP contribution in [0.4, 0.5) is 37.6 Å². The van der Waals surface area contributed by atoms with E-state index >= 15 is 0 Å². The Kier molecular flexibility index (Phi) is 12.3. The van der Waals surface area contributed by atoms with E-state index in [1.807, 2.05) is 4.90 Å². The van der Waals surface area contributed by atoms with Crippen molar-refractivity contribution in [1.29, 1.82) is 0 Å². The van der Waals surface area contributed by atoms with Gasteiger partial charge in [-0.1, -0.05) is 11.6 Å². The maximum absolute atomic E-state index is 13.6. The second-order valence-corrected chi connectivity index (χ2v) is 11.0. The van der Waals surface area contributed by atoms with Crippen LogP contribution in [0.1, 0.15) is 48.9 Å². The monoisotopic (exact) mass is 702 g/mol.